The Labute approximate surface area is 250 Å². The topological polar surface area (TPSA) is 145 Å². The van der Waals surface area contributed by atoms with Crippen LogP contribution in [0.1, 0.15) is 16.6 Å². The molecule has 1 N–H and O–H groups in total. The summed E-state index contributed by atoms with van der Waals surface area (Å²) in [5.74, 6) is -2.64. The van der Waals surface area contributed by atoms with Crippen molar-refractivity contribution in [1.82, 2.24) is 4.57 Å². The zero-order chi connectivity index (χ0) is 29.8. The molecule has 0 aliphatic carbocycles. The van der Waals surface area contributed by atoms with Gasteiger partial charge in [0.25, 0.3) is 5.69 Å². The first kappa shape index (κ1) is 26.9. The average molecular weight is 613 g/mol. The number of carbonyl (C=O) groups is 3. The van der Waals surface area contributed by atoms with Gasteiger partial charge in [-0.2, -0.15) is 0 Å². The number of carbonyl (C=O) groups excluding carboxylic acids is 3. The second kappa shape index (κ2) is 10.4. The first-order chi connectivity index (χ1) is 20.8. The number of imide groups is 1. The number of benzene rings is 3. The van der Waals surface area contributed by atoms with E-state index in [1.165, 1.54) is 35.1 Å². The molecular formula is C30H20N4O7S2. The Balaban J connectivity index is 1.24. The predicted octanol–water partition coefficient (Wildman–Crippen LogP) is 5.00. The number of thiazole rings is 1. The normalized spacial score (nSPS) is 19.3. The molecule has 2 aliphatic rings. The summed E-state index contributed by atoms with van der Waals surface area (Å²) in [4.78, 5) is 65.9. The molecule has 0 spiro atoms. The minimum atomic E-state index is -0.910. The summed E-state index contributed by atoms with van der Waals surface area (Å²) in [5.41, 5.74) is 0.650. The minimum Gasteiger partial charge on any atom is -0.469 e. The van der Waals surface area contributed by atoms with E-state index in [9.17, 15) is 29.3 Å². The number of amides is 3. The number of non-ortho nitro benzene ring substituents is 1. The van der Waals surface area contributed by atoms with Crippen molar-refractivity contribution in [3.8, 4) is 0 Å². The molecule has 2 aliphatic heterocycles. The van der Waals surface area contributed by atoms with Crippen LogP contribution in [0.3, 0.4) is 0 Å². The molecule has 2 aromatic heterocycles. The molecule has 0 bridgehead atoms. The Morgan fingerprint density at radius 1 is 0.953 bits per heavy atom. The standard InChI is InChI=1S/C30H20N4O7S2/c35-22(31-20-8-3-6-16-5-1-2-7-19(16)20)15-32-29-26(43-30(32)38)23(21-9-4-14-41-21)24-25(42-29)28(37)33(27(24)36)17-10-12-18(13-11-17)34(39)40/h1-14,23-25H,15H2,(H,31,35)/t23-,24?,25?/m1/s1. The van der Waals surface area contributed by atoms with E-state index >= 15 is 0 Å². The Bertz CT molecular complexity index is 1990. The van der Waals surface area contributed by atoms with Crippen LogP contribution in [-0.2, 0) is 20.9 Å². The number of aromatic nitrogens is 1. The minimum absolute atomic E-state index is 0.170. The highest BCUT2D eigenvalue weighted by molar-refractivity contribution is 8.00. The fraction of sp³-hybridized carbons (Fsp3) is 0.133. The van der Waals surface area contributed by atoms with Gasteiger partial charge in [-0.15, -0.1) is 0 Å². The highest BCUT2D eigenvalue weighted by atomic mass is 32.2. The molecule has 4 heterocycles. The van der Waals surface area contributed by atoms with Gasteiger partial charge in [-0.3, -0.25) is 33.9 Å². The third-order valence-corrected chi connectivity index (χ3v) is 10.2. The van der Waals surface area contributed by atoms with Gasteiger partial charge in [0, 0.05) is 23.2 Å². The summed E-state index contributed by atoms with van der Waals surface area (Å²) in [6.45, 7) is -0.294. The van der Waals surface area contributed by atoms with E-state index in [-0.39, 0.29) is 17.9 Å². The number of hydrogen-bond donors (Lipinski definition) is 1. The number of nitrogens with zero attached hydrogens (tertiary/aromatic N) is 3. The number of nitrogens with one attached hydrogen (secondary N) is 1. The molecule has 0 saturated carbocycles. The van der Waals surface area contributed by atoms with Crippen LogP contribution in [0.2, 0.25) is 0 Å². The lowest BCUT2D eigenvalue weighted by Gasteiger charge is -2.29. The van der Waals surface area contributed by atoms with Crippen molar-refractivity contribution in [2.45, 2.75) is 22.7 Å². The van der Waals surface area contributed by atoms with Gasteiger partial charge < -0.3 is 9.73 Å². The van der Waals surface area contributed by atoms with Crippen LogP contribution in [0.25, 0.3) is 10.8 Å². The van der Waals surface area contributed by atoms with Gasteiger partial charge in [0.15, 0.2) is 0 Å². The number of furan rings is 1. The van der Waals surface area contributed by atoms with Gasteiger partial charge in [0.05, 0.1) is 38.6 Å². The van der Waals surface area contributed by atoms with Crippen LogP contribution < -0.4 is 15.1 Å². The highest BCUT2D eigenvalue weighted by Crippen LogP contribution is 2.54. The van der Waals surface area contributed by atoms with Crippen molar-refractivity contribution >= 4 is 68.7 Å². The fourth-order valence-electron chi connectivity index (χ4n) is 5.68. The fourth-order valence-corrected chi connectivity index (χ4v) is 8.43. The van der Waals surface area contributed by atoms with Gasteiger partial charge >= 0.3 is 4.87 Å². The van der Waals surface area contributed by atoms with Crippen molar-refractivity contribution in [1.29, 1.82) is 0 Å². The Hall–Kier alpha value is -5.01. The Morgan fingerprint density at radius 3 is 2.47 bits per heavy atom. The number of rotatable bonds is 6. The second-order valence-corrected chi connectivity index (χ2v) is 12.2. The monoisotopic (exact) mass is 612 g/mol. The van der Waals surface area contributed by atoms with Gasteiger partial charge in [-0.25, -0.2) is 4.90 Å². The van der Waals surface area contributed by atoms with E-state index in [0.29, 0.717) is 21.4 Å². The lowest BCUT2D eigenvalue weighted by atomic mass is 9.87. The van der Waals surface area contributed by atoms with E-state index < -0.39 is 44.6 Å². The highest BCUT2D eigenvalue weighted by Gasteiger charge is 2.57. The third kappa shape index (κ3) is 4.44. The summed E-state index contributed by atoms with van der Waals surface area (Å²) >= 11 is 1.99. The molecule has 214 valence electrons. The van der Waals surface area contributed by atoms with Crippen molar-refractivity contribution in [3.05, 3.63) is 116 Å². The molecule has 7 rings (SSSR count). The number of nitro groups is 1. The number of thioether (sulfide) groups is 1. The number of anilines is 2. The maximum absolute atomic E-state index is 13.8. The molecule has 0 radical (unpaired) electrons. The molecule has 11 nitrogen and oxygen atoms in total. The summed E-state index contributed by atoms with van der Waals surface area (Å²) < 4.78 is 7.04. The second-order valence-electron chi connectivity index (χ2n) is 10.0. The smallest absolute Gasteiger partial charge is 0.308 e. The maximum Gasteiger partial charge on any atom is 0.308 e. The largest absolute Gasteiger partial charge is 0.469 e. The van der Waals surface area contributed by atoms with Crippen LogP contribution >= 0.6 is 23.1 Å². The lowest BCUT2D eigenvalue weighted by molar-refractivity contribution is -0.384. The molecule has 3 amide bonds. The summed E-state index contributed by atoms with van der Waals surface area (Å²) in [6.07, 6.45) is 1.46. The zero-order valence-corrected chi connectivity index (χ0v) is 23.7. The van der Waals surface area contributed by atoms with Crippen molar-refractivity contribution in [2.24, 2.45) is 5.92 Å². The lowest BCUT2D eigenvalue weighted by Crippen LogP contribution is -2.32. The number of nitro benzene ring substituents is 1. The van der Waals surface area contributed by atoms with E-state index in [0.717, 1.165) is 38.8 Å². The first-order valence-corrected chi connectivity index (χ1v) is 14.8. The summed E-state index contributed by atoms with van der Waals surface area (Å²) in [5, 5.41) is 15.4. The number of hydrogen-bond acceptors (Lipinski definition) is 9. The zero-order valence-electron chi connectivity index (χ0n) is 22.0. The van der Waals surface area contributed by atoms with Crippen LogP contribution in [0, 0.1) is 16.0 Å². The van der Waals surface area contributed by atoms with Gasteiger partial charge in [0.1, 0.15) is 17.6 Å². The molecule has 3 atom stereocenters. The third-order valence-electron chi connectivity index (χ3n) is 7.58. The molecule has 2 unspecified atom stereocenters. The van der Waals surface area contributed by atoms with Crippen LogP contribution in [0.4, 0.5) is 17.1 Å². The van der Waals surface area contributed by atoms with E-state index in [2.05, 4.69) is 5.32 Å². The molecular weight excluding hydrogens is 592 g/mol. The molecule has 5 aromatic rings. The van der Waals surface area contributed by atoms with Crippen molar-refractivity contribution in [3.63, 3.8) is 0 Å². The molecule has 1 fully saturated rings. The van der Waals surface area contributed by atoms with E-state index in [4.69, 9.17) is 4.42 Å². The summed E-state index contributed by atoms with van der Waals surface area (Å²) in [6, 6.07) is 21.7. The maximum atomic E-state index is 13.8. The van der Waals surface area contributed by atoms with E-state index in [1.54, 1.807) is 18.2 Å². The molecule has 13 heteroatoms. The SMILES string of the molecule is O=C(Cn1c2c(sc1=O)[C@H](c1ccco1)C1C(=O)N(c3ccc([N+](=O)[O-])cc3)C(=O)C1S2)Nc1cccc2ccccc12. The summed E-state index contributed by atoms with van der Waals surface area (Å²) in [7, 11) is 0. The average Bonchev–Trinajstić information content (AvgIpc) is 3.70. The molecule has 43 heavy (non-hydrogen) atoms. The first-order valence-electron chi connectivity index (χ1n) is 13.2. The van der Waals surface area contributed by atoms with Crippen LogP contribution in [0.15, 0.2) is 99.4 Å². The van der Waals surface area contributed by atoms with Gasteiger partial charge in [-0.05, 0) is 35.7 Å². The van der Waals surface area contributed by atoms with Crippen LogP contribution in [0.5, 0.6) is 0 Å². The number of fused-ring (bicyclic) bond motifs is 3. The predicted molar refractivity (Wildman–Crippen MR) is 160 cm³/mol. The Morgan fingerprint density at radius 2 is 1.72 bits per heavy atom. The molecule has 1 saturated heterocycles. The van der Waals surface area contributed by atoms with Crippen molar-refractivity contribution in [2.75, 3.05) is 10.2 Å². The molecule has 3 aromatic carbocycles. The van der Waals surface area contributed by atoms with Crippen LogP contribution in [-0.4, -0.2) is 32.5 Å². The van der Waals surface area contributed by atoms with E-state index in [1.807, 2.05) is 36.4 Å². The quantitative estimate of drug-likeness (QED) is 0.160. The van der Waals surface area contributed by atoms with Gasteiger partial charge in [-0.1, -0.05) is 59.5 Å². The van der Waals surface area contributed by atoms with Gasteiger partial charge in [0.2, 0.25) is 17.7 Å². The van der Waals surface area contributed by atoms with Crippen molar-refractivity contribution < 1.29 is 23.7 Å². The Kier molecular flexibility index (Phi) is 6.47.